The van der Waals surface area contributed by atoms with Gasteiger partial charge in [-0.15, -0.1) is 0 Å². The van der Waals surface area contributed by atoms with E-state index in [-0.39, 0.29) is 24.5 Å². The van der Waals surface area contributed by atoms with Crippen LogP contribution in [0.15, 0.2) is 0 Å². The normalized spacial score (nSPS) is 41.1. The van der Waals surface area contributed by atoms with Crippen LogP contribution >= 0.6 is 0 Å². The number of ether oxygens (including phenoxy) is 2. The number of methoxy groups -OCH3 is 1. The quantitative estimate of drug-likeness (QED) is 0.667. The standard InChI is InChI=1S/C9H19NO3/c1-6-9(10(2)3)7(11)5-8(12-4)13-6/h6-9,11H,5H2,1-4H3/t6-,7-,8?,9+/m0/s1. The molecule has 0 saturated carbocycles. The Morgan fingerprint density at radius 3 is 2.46 bits per heavy atom. The second-order valence-electron chi connectivity index (χ2n) is 3.76. The van der Waals surface area contributed by atoms with E-state index in [9.17, 15) is 5.11 Å². The monoisotopic (exact) mass is 189 g/mol. The van der Waals surface area contributed by atoms with E-state index in [0.717, 1.165) is 0 Å². The topological polar surface area (TPSA) is 41.9 Å². The minimum atomic E-state index is -0.372. The first-order chi connectivity index (χ1) is 6.06. The van der Waals surface area contributed by atoms with Crippen LogP contribution in [-0.4, -0.2) is 55.8 Å². The lowest BCUT2D eigenvalue weighted by molar-refractivity contribution is -0.221. The van der Waals surface area contributed by atoms with Crippen LogP contribution in [0.5, 0.6) is 0 Å². The fourth-order valence-electron chi connectivity index (χ4n) is 1.94. The van der Waals surface area contributed by atoms with Gasteiger partial charge < -0.3 is 19.5 Å². The first-order valence-electron chi connectivity index (χ1n) is 4.59. The second-order valence-corrected chi connectivity index (χ2v) is 3.76. The van der Waals surface area contributed by atoms with Crippen LogP contribution in [0, 0.1) is 0 Å². The fraction of sp³-hybridized carbons (Fsp3) is 1.00. The maximum Gasteiger partial charge on any atom is 0.160 e. The Kier molecular flexibility index (Phi) is 3.67. The Bertz CT molecular complexity index is 151. The molecule has 4 atom stereocenters. The van der Waals surface area contributed by atoms with Gasteiger partial charge in [0, 0.05) is 13.5 Å². The number of rotatable bonds is 2. The summed E-state index contributed by atoms with van der Waals surface area (Å²) in [4.78, 5) is 1.99. The molecule has 13 heavy (non-hydrogen) atoms. The molecule has 0 spiro atoms. The van der Waals surface area contributed by atoms with Crippen molar-refractivity contribution in [2.24, 2.45) is 0 Å². The maximum absolute atomic E-state index is 9.81. The van der Waals surface area contributed by atoms with Crippen molar-refractivity contribution in [2.75, 3.05) is 21.2 Å². The van der Waals surface area contributed by atoms with E-state index in [1.807, 2.05) is 25.9 Å². The van der Waals surface area contributed by atoms with Crippen LogP contribution < -0.4 is 0 Å². The van der Waals surface area contributed by atoms with Crippen LogP contribution in [0.3, 0.4) is 0 Å². The zero-order valence-corrected chi connectivity index (χ0v) is 8.73. The zero-order chi connectivity index (χ0) is 10.0. The van der Waals surface area contributed by atoms with Crippen molar-refractivity contribution < 1.29 is 14.6 Å². The van der Waals surface area contributed by atoms with E-state index in [4.69, 9.17) is 9.47 Å². The molecule has 1 rings (SSSR count). The van der Waals surface area contributed by atoms with Gasteiger partial charge in [-0.25, -0.2) is 0 Å². The molecular formula is C9H19NO3. The molecular weight excluding hydrogens is 170 g/mol. The fourth-order valence-corrected chi connectivity index (χ4v) is 1.94. The van der Waals surface area contributed by atoms with Crippen molar-refractivity contribution in [1.29, 1.82) is 0 Å². The van der Waals surface area contributed by atoms with E-state index in [0.29, 0.717) is 6.42 Å². The molecule has 1 heterocycles. The van der Waals surface area contributed by atoms with Gasteiger partial charge in [-0.3, -0.25) is 0 Å². The van der Waals surface area contributed by atoms with Gasteiger partial charge in [0.05, 0.1) is 18.2 Å². The molecule has 1 N–H and O–H groups in total. The first-order valence-corrected chi connectivity index (χ1v) is 4.59. The van der Waals surface area contributed by atoms with E-state index >= 15 is 0 Å². The van der Waals surface area contributed by atoms with Crippen molar-refractivity contribution in [1.82, 2.24) is 4.90 Å². The lowest BCUT2D eigenvalue weighted by atomic mass is 9.99. The van der Waals surface area contributed by atoms with Crippen LogP contribution in [0.2, 0.25) is 0 Å². The van der Waals surface area contributed by atoms with Crippen molar-refractivity contribution in [3.8, 4) is 0 Å². The van der Waals surface area contributed by atoms with Gasteiger partial charge in [-0.05, 0) is 21.0 Å². The number of aliphatic hydroxyl groups excluding tert-OH is 1. The Balaban J connectivity index is 2.59. The smallest absolute Gasteiger partial charge is 0.160 e. The van der Waals surface area contributed by atoms with Gasteiger partial charge in [0.1, 0.15) is 0 Å². The molecule has 0 amide bonds. The highest BCUT2D eigenvalue weighted by Crippen LogP contribution is 2.23. The molecule has 0 aromatic rings. The molecule has 1 aliphatic rings. The number of aliphatic hydroxyl groups is 1. The average Bonchev–Trinajstić information content (AvgIpc) is 2.02. The van der Waals surface area contributed by atoms with Crippen LogP contribution in [0.25, 0.3) is 0 Å². The predicted octanol–water partition coefficient (Wildman–Crippen LogP) is 0.0588. The molecule has 1 fully saturated rings. The zero-order valence-electron chi connectivity index (χ0n) is 8.73. The van der Waals surface area contributed by atoms with E-state index in [1.165, 1.54) is 0 Å². The molecule has 0 aromatic carbocycles. The number of hydrogen-bond acceptors (Lipinski definition) is 4. The molecule has 4 nitrogen and oxygen atoms in total. The highest BCUT2D eigenvalue weighted by atomic mass is 16.7. The van der Waals surface area contributed by atoms with Gasteiger partial charge in [-0.2, -0.15) is 0 Å². The van der Waals surface area contributed by atoms with Crippen molar-refractivity contribution >= 4 is 0 Å². The van der Waals surface area contributed by atoms with Gasteiger partial charge in [0.25, 0.3) is 0 Å². The van der Waals surface area contributed by atoms with E-state index in [1.54, 1.807) is 7.11 Å². The summed E-state index contributed by atoms with van der Waals surface area (Å²) in [6, 6.07) is 0.0615. The van der Waals surface area contributed by atoms with Crippen LogP contribution in [0.1, 0.15) is 13.3 Å². The van der Waals surface area contributed by atoms with E-state index < -0.39 is 0 Å². The Morgan fingerprint density at radius 2 is 2.08 bits per heavy atom. The first kappa shape index (κ1) is 10.9. The minimum Gasteiger partial charge on any atom is -0.391 e. The Hall–Kier alpha value is -0.160. The lowest BCUT2D eigenvalue weighted by Crippen LogP contribution is -2.54. The Labute approximate surface area is 79.4 Å². The average molecular weight is 189 g/mol. The summed E-state index contributed by atoms with van der Waals surface area (Å²) in [7, 11) is 5.49. The Morgan fingerprint density at radius 1 is 1.46 bits per heavy atom. The molecule has 78 valence electrons. The van der Waals surface area contributed by atoms with Gasteiger partial charge in [0.2, 0.25) is 0 Å². The number of likely N-dealkylation sites (N-methyl/N-ethyl adjacent to an activating group) is 1. The third-order valence-corrected chi connectivity index (χ3v) is 2.53. The molecule has 0 radical (unpaired) electrons. The summed E-state index contributed by atoms with van der Waals surface area (Å²) < 4.78 is 10.6. The van der Waals surface area contributed by atoms with Gasteiger partial charge in [0.15, 0.2) is 6.29 Å². The molecule has 1 unspecified atom stereocenters. The molecule has 0 aromatic heterocycles. The highest BCUT2D eigenvalue weighted by Gasteiger charge is 2.36. The third-order valence-electron chi connectivity index (χ3n) is 2.53. The summed E-state index contributed by atoms with van der Waals surface area (Å²) in [5.41, 5.74) is 0. The maximum atomic E-state index is 9.81. The van der Waals surface area contributed by atoms with E-state index in [2.05, 4.69) is 0 Å². The summed E-state index contributed by atoms with van der Waals surface area (Å²) in [5, 5.41) is 9.81. The van der Waals surface area contributed by atoms with Crippen molar-refractivity contribution in [2.45, 2.75) is 37.9 Å². The SMILES string of the molecule is COC1C[C@H](O)[C@H](N(C)C)[C@H](C)O1. The summed E-state index contributed by atoms with van der Waals surface area (Å²) >= 11 is 0. The minimum absolute atomic E-state index is 0.00343. The molecule has 4 heteroatoms. The van der Waals surface area contributed by atoms with Gasteiger partial charge >= 0.3 is 0 Å². The summed E-state index contributed by atoms with van der Waals surface area (Å²) in [5.74, 6) is 0. The second kappa shape index (κ2) is 4.37. The lowest BCUT2D eigenvalue weighted by Gasteiger charge is -2.40. The molecule has 0 bridgehead atoms. The number of hydrogen-bond donors (Lipinski definition) is 1. The predicted molar refractivity (Wildman–Crippen MR) is 49.4 cm³/mol. The van der Waals surface area contributed by atoms with Gasteiger partial charge in [-0.1, -0.05) is 0 Å². The van der Waals surface area contributed by atoms with Crippen molar-refractivity contribution in [3.05, 3.63) is 0 Å². The molecule has 0 aliphatic carbocycles. The number of nitrogens with zero attached hydrogens (tertiary/aromatic N) is 1. The third kappa shape index (κ3) is 2.40. The summed E-state index contributed by atoms with van der Waals surface area (Å²) in [6.07, 6.45) is -0.0856. The van der Waals surface area contributed by atoms with Crippen LogP contribution in [-0.2, 0) is 9.47 Å². The largest absolute Gasteiger partial charge is 0.391 e. The summed E-state index contributed by atoms with van der Waals surface area (Å²) in [6.45, 7) is 1.96. The van der Waals surface area contributed by atoms with Crippen molar-refractivity contribution in [3.63, 3.8) is 0 Å². The highest BCUT2D eigenvalue weighted by molar-refractivity contribution is 4.86. The van der Waals surface area contributed by atoms with Crippen LogP contribution in [0.4, 0.5) is 0 Å². The molecule has 1 saturated heterocycles. The molecule has 1 aliphatic heterocycles.